The molecular formula is C19H28Cl2N4O3. The summed E-state index contributed by atoms with van der Waals surface area (Å²) in [5, 5.41) is 16.6. The summed E-state index contributed by atoms with van der Waals surface area (Å²) in [6.07, 6.45) is 2.13. The topological polar surface area (TPSA) is 78.8 Å². The van der Waals surface area contributed by atoms with Gasteiger partial charge in [0.25, 0.3) is 0 Å². The van der Waals surface area contributed by atoms with E-state index in [1.807, 2.05) is 12.1 Å². The lowest BCUT2D eigenvalue weighted by Gasteiger charge is -2.26. The summed E-state index contributed by atoms with van der Waals surface area (Å²) in [6.45, 7) is 6.08. The minimum atomic E-state index is -0.436. The van der Waals surface area contributed by atoms with Crippen molar-refractivity contribution in [3.63, 3.8) is 0 Å². The maximum Gasteiger partial charge on any atom is 0.241 e. The standard InChI is InChI=1S/C19H26N4O3.2ClH/c24-16-12-17(20-13-16)19(25)21-15-1-2-18-14(11-15)3-4-23(18)6-5-22-7-9-26-10-8-22;;/h1-4,11,16-17,20,24H,5-10,12-13H2,(H,21,25);2*1H. The summed E-state index contributed by atoms with van der Waals surface area (Å²) in [7, 11) is 0. The predicted molar refractivity (Wildman–Crippen MR) is 115 cm³/mol. The highest BCUT2D eigenvalue weighted by molar-refractivity contribution is 5.97. The lowest BCUT2D eigenvalue weighted by Crippen LogP contribution is -2.38. The number of amides is 1. The number of aromatic nitrogens is 1. The number of halogens is 2. The molecule has 1 aromatic heterocycles. The second kappa shape index (κ2) is 10.4. The summed E-state index contributed by atoms with van der Waals surface area (Å²) in [5.74, 6) is -0.0901. The number of β-amino-alcohol motifs (C(OH)–C–C–N with tert-alkyl or cyclic N) is 1. The second-order valence-corrected chi connectivity index (χ2v) is 7.08. The van der Waals surface area contributed by atoms with Crippen molar-refractivity contribution in [3.05, 3.63) is 30.5 Å². The third-order valence-electron chi connectivity index (χ3n) is 5.22. The van der Waals surface area contributed by atoms with Gasteiger partial charge in [-0.25, -0.2) is 0 Å². The van der Waals surface area contributed by atoms with Crippen LogP contribution in [0.2, 0.25) is 0 Å². The summed E-state index contributed by atoms with van der Waals surface area (Å²) in [5.41, 5.74) is 1.96. The molecule has 0 spiro atoms. The van der Waals surface area contributed by atoms with E-state index >= 15 is 0 Å². The smallest absolute Gasteiger partial charge is 0.241 e. The predicted octanol–water partition coefficient (Wildman–Crippen LogP) is 1.48. The van der Waals surface area contributed by atoms with E-state index in [9.17, 15) is 9.90 Å². The van der Waals surface area contributed by atoms with Crippen molar-refractivity contribution in [1.29, 1.82) is 0 Å². The monoisotopic (exact) mass is 430 g/mol. The average Bonchev–Trinajstić information content (AvgIpc) is 3.27. The van der Waals surface area contributed by atoms with Gasteiger partial charge in [-0.3, -0.25) is 9.69 Å². The molecule has 2 aliphatic rings. The molecular weight excluding hydrogens is 403 g/mol. The van der Waals surface area contributed by atoms with Crippen LogP contribution in [0.1, 0.15) is 6.42 Å². The number of aliphatic hydroxyl groups excluding tert-OH is 1. The molecule has 2 aliphatic heterocycles. The largest absolute Gasteiger partial charge is 0.392 e. The van der Waals surface area contributed by atoms with Crippen LogP contribution in [-0.2, 0) is 16.1 Å². The van der Waals surface area contributed by atoms with E-state index in [1.165, 1.54) is 5.52 Å². The third kappa shape index (κ3) is 5.37. The van der Waals surface area contributed by atoms with Crippen molar-refractivity contribution >= 4 is 47.3 Å². The van der Waals surface area contributed by atoms with Crippen molar-refractivity contribution in [2.75, 3.05) is 44.7 Å². The first-order valence-corrected chi connectivity index (χ1v) is 9.30. The van der Waals surface area contributed by atoms with Gasteiger partial charge in [0.15, 0.2) is 0 Å². The number of nitrogens with one attached hydrogen (secondary N) is 2. The Kier molecular flexibility index (Phi) is 8.55. The number of anilines is 1. The summed E-state index contributed by atoms with van der Waals surface area (Å²) in [6, 6.07) is 7.77. The Bertz CT molecular complexity index is 780. The minimum Gasteiger partial charge on any atom is -0.392 e. The van der Waals surface area contributed by atoms with Crippen LogP contribution in [0.25, 0.3) is 10.9 Å². The van der Waals surface area contributed by atoms with Gasteiger partial charge in [0.05, 0.1) is 25.4 Å². The molecule has 2 saturated heterocycles. The van der Waals surface area contributed by atoms with E-state index in [-0.39, 0.29) is 36.8 Å². The molecule has 2 fully saturated rings. The average molecular weight is 431 g/mol. The first kappa shape index (κ1) is 22.9. The number of hydrogen-bond donors (Lipinski definition) is 3. The van der Waals surface area contributed by atoms with Crippen LogP contribution in [-0.4, -0.2) is 72.0 Å². The van der Waals surface area contributed by atoms with Gasteiger partial charge in [-0.15, -0.1) is 24.8 Å². The van der Waals surface area contributed by atoms with Crippen molar-refractivity contribution < 1.29 is 14.6 Å². The lowest BCUT2D eigenvalue weighted by atomic mass is 10.2. The number of hydrogen-bond acceptors (Lipinski definition) is 5. The number of fused-ring (bicyclic) bond motifs is 1. The molecule has 4 rings (SSSR count). The fraction of sp³-hybridized carbons (Fsp3) is 0.526. The van der Waals surface area contributed by atoms with Gasteiger partial charge in [0.2, 0.25) is 5.91 Å². The number of carbonyl (C=O) groups is 1. The molecule has 28 heavy (non-hydrogen) atoms. The van der Waals surface area contributed by atoms with Crippen LogP contribution < -0.4 is 10.6 Å². The van der Waals surface area contributed by atoms with Gasteiger partial charge in [-0.05, 0) is 30.7 Å². The van der Waals surface area contributed by atoms with E-state index < -0.39 is 6.10 Å². The Morgan fingerprint density at radius 2 is 2.00 bits per heavy atom. The van der Waals surface area contributed by atoms with E-state index in [2.05, 4.69) is 38.4 Å². The number of ether oxygens (including phenoxy) is 1. The van der Waals surface area contributed by atoms with Crippen LogP contribution in [0.4, 0.5) is 5.69 Å². The van der Waals surface area contributed by atoms with Crippen molar-refractivity contribution in [1.82, 2.24) is 14.8 Å². The molecule has 0 radical (unpaired) electrons. The van der Waals surface area contributed by atoms with Gasteiger partial charge < -0.3 is 25.0 Å². The van der Waals surface area contributed by atoms with Crippen molar-refractivity contribution in [2.24, 2.45) is 0 Å². The molecule has 2 unspecified atom stereocenters. The van der Waals surface area contributed by atoms with Crippen molar-refractivity contribution in [3.8, 4) is 0 Å². The highest BCUT2D eigenvalue weighted by atomic mass is 35.5. The zero-order chi connectivity index (χ0) is 17.9. The van der Waals surface area contributed by atoms with Gasteiger partial charge in [-0.1, -0.05) is 0 Å². The van der Waals surface area contributed by atoms with Crippen LogP contribution in [0, 0.1) is 0 Å². The molecule has 0 bridgehead atoms. The quantitative estimate of drug-likeness (QED) is 0.669. The van der Waals surface area contributed by atoms with E-state index in [0.717, 1.165) is 50.5 Å². The minimum absolute atomic E-state index is 0. The molecule has 9 heteroatoms. The van der Waals surface area contributed by atoms with Gasteiger partial charge in [0.1, 0.15) is 0 Å². The van der Waals surface area contributed by atoms with Crippen molar-refractivity contribution in [2.45, 2.75) is 25.1 Å². The molecule has 2 atom stereocenters. The van der Waals surface area contributed by atoms with Gasteiger partial charge in [0, 0.05) is 55.5 Å². The highest BCUT2D eigenvalue weighted by Gasteiger charge is 2.28. The fourth-order valence-electron chi connectivity index (χ4n) is 3.69. The molecule has 2 aromatic rings. The number of nitrogens with zero attached hydrogens (tertiary/aromatic N) is 2. The zero-order valence-corrected chi connectivity index (χ0v) is 17.3. The maximum atomic E-state index is 12.3. The SMILES string of the molecule is Cl.Cl.O=C(Nc1ccc2c(ccn2CCN2CCOCC2)c1)C1CC(O)CN1. The van der Waals surface area contributed by atoms with Crippen LogP contribution in [0.3, 0.4) is 0 Å². The Balaban J connectivity index is 0.00000140. The maximum absolute atomic E-state index is 12.3. The number of rotatable bonds is 5. The van der Waals surface area contributed by atoms with Crippen LogP contribution >= 0.6 is 24.8 Å². The molecule has 0 saturated carbocycles. The number of morpholine rings is 1. The van der Waals surface area contributed by atoms with E-state index in [0.29, 0.717) is 13.0 Å². The summed E-state index contributed by atoms with van der Waals surface area (Å²) in [4.78, 5) is 14.7. The molecule has 1 amide bonds. The molecule has 1 aromatic carbocycles. The van der Waals surface area contributed by atoms with E-state index in [4.69, 9.17) is 4.74 Å². The number of carbonyl (C=O) groups excluding carboxylic acids is 1. The van der Waals surface area contributed by atoms with Crippen LogP contribution in [0.15, 0.2) is 30.5 Å². The molecule has 7 nitrogen and oxygen atoms in total. The number of benzene rings is 1. The Hall–Kier alpha value is -1.35. The Labute approximate surface area is 177 Å². The molecule has 156 valence electrons. The summed E-state index contributed by atoms with van der Waals surface area (Å²) < 4.78 is 7.65. The fourth-order valence-corrected chi connectivity index (χ4v) is 3.69. The second-order valence-electron chi connectivity index (χ2n) is 7.08. The molecule has 3 N–H and O–H groups in total. The third-order valence-corrected chi connectivity index (χ3v) is 5.22. The lowest BCUT2D eigenvalue weighted by molar-refractivity contribution is -0.117. The molecule has 0 aliphatic carbocycles. The molecule has 3 heterocycles. The van der Waals surface area contributed by atoms with Gasteiger partial charge >= 0.3 is 0 Å². The first-order chi connectivity index (χ1) is 12.7. The van der Waals surface area contributed by atoms with Gasteiger partial charge in [-0.2, -0.15) is 0 Å². The zero-order valence-electron chi connectivity index (χ0n) is 15.7. The summed E-state index contributed by atoms with van der Waals surface area (Å²) >= 11 is 0. The normalized spacial score (nSPS) is 22.5. The Morgan fingerprint density at radius 3 is 2.71 bits per heavy atom. The van der Waals surface area contributed by atoms with Crippen LogP contribution in [0.5, 0.6) is 0 Å². The Morgan fingerprint density at radius 1 is 1.21 bits per heavy atom. The first-order valence-electron chi connectivity index (χ1n) is 9.30. The highest BCUT2D eigenvalue weighted by Crippen LogP contribution is 2.21. The number of aliphatic hydroxyl groups is 1. The van der Waals surface area contributed by atoms with E-state index in [1.54, 1.807) is 0 Å².